The first-order chi connectivity index (χ1) is 6.18. The summed E-state index contributed by atoms with van der Waals surface area (Å²) in [5.41, 5.74) is 15.4. The maximum atomic E-state index is 5.84. The summed E-state index contributed by atoms with van der Waals surface area (Å²) in [5, 5.41) is 0. The predicted octanol–water partition coefficient (Wildman–Crippen LogP) is 1.70. The topological polar surface area (TPSA) is 50.1 Å². The first-order valence-electron chi connectivity index (χ1n) is 4.59. The van der Waals surface area contributed by atoms with E-state index in [2.05, 4.69) is 42.9 Å². The lowest BCUT2D eigenvalue weighted by Gasteiger charge is -2.08. The molecule has 0 amide bonds. The Kier molecular flexibility index (Phi) is 1.98. The summed E-state index contributed by atoms with van der Waals surface area (Å²) < 4.78 is 0. The number of rotatable bonds is 1. The van der Waals surface area contributed by atoms with E-state index >= 15 is 0 Å². The highest BCUT2D eigenvalue weighted by Gasteiger charge is 2.18. The van der Waals surface area contributed by atoms with Gasteiger partial charge in [0.25, 0.3) is 0 Å². The van der Waals surface area contributed by atoms with Crippen molar-refractivity contribution in [3.8, 4) is 0 Å². The SMILES string of the molecule is CC(C)c1ccc2c(c1)C(N)NN2. The zero-order valence-electron chi connectivity index (χ0n) is 7.96. The molecule has 1 unspecified atom stereocenters. The van der Waals surface area contributed by atoms with Crippen LogP contribution in [-0.2, 0) is 0 Å². The van der Waals surface area contributed by atoms with E-state index in [0.29, 0.717) is 5.92 Å². The van der Waals surface area contributed by atoms with Crippen LogP contribution in [-0.4, -0.2) is 0 Å². The molecule has 1 atom stereocenters. The maximum absolute atomic E-state index is 5.84. The Morgan fingerprint density at radius 1 is 1.38 bits per heavy atom. The van der Waals surface area contributed by atoms with E-state index in [1.165, 1.54) is 5.56 Å². The van der Waals surface area contributed by atoms with E-state index in [1.54, 1.807) is 0 Å². The number of fused-ring (bicyclic) bond motifs is 1. The van der Waals surface area contributed by atoms with Gasteiger partial charge in [0.1, 0.15) is 6.17 Å². The van der Waals surface area contributed by atoms with E-state index in [-0.39, 0.29) is 6.17 Å². The van der Waals surface area contributed by atoms with Gasteiger partial charge in [0.2, 0.25) is 0 Å². The lowest BCUT2D eigenvalue weighted by Crippen LogP contribution is -2.25. The van der Waals surface area contributed by atoms with Crippen LogP contribution in [0.15, 0.2) is 18.2 Å². The van der Waals surface area contributed by atoms with Crippen molar-refractivity contribution in [2.45, 2.75) is 25.9 Å². The Morgan fingerprint density at radius 3 is 2.85 bits per heavy atom. The van der Waals surface area contributed by atoms with E-state index < -0.39 is 0 Å². The summed E-state index contributed by atoms with van der Waals surface area (Å²) >= 11 is 0. The predicted molar refractivity (Wildman–Crippen MR) is 54.2 cm³/mol. The number of hydrazine groups is 1. The van der Waals surface area contributed by atoms with Gasteiger partial charge >= 0.3 is 0 Å². The van der Waals surface area contributed by atoms with Gasteiger partial charge in [0.15, 0.2) is 0 Å². The molecule has 3 heteroatoms. The Balaban J connectivity index is 2.42. The minimum absolute atomic E-state index is 0.0753. The van der Waals surface area contributed by atoms with Gasteiger partial charge in [0, 0.05) is 5.56 Å². The fraction of sp³-hybridized carbons (Fsp3) is 0.400. The fourth-order valence-corrected chi connectivity index (χ4v) is 1.54. The zero-order chi connectivity index (χ0) is 9.42. The number of hydrogen-bond donors (Lipinski definition) is 3. The summed E-state index contributed by atoms with van der Waals surface area (Å²) in [5.74, 6) is 0.554. The van der Waals surface area contributed by atoms with Crippen LogP contribution in [0.25, 0.3) is 0 Å². The van der Waals surface area contributed by atoms with Crippen molar-refractivity contribution in [2.75, 3.05) is 5.43 Å². The minimum Gasteiger partial charge on any atom is -0.319 e. The molecule has 0 bridgehead atoms. The molecular weight excluding hydrogens is 162 g/mol. The quantitative estimate of drug-likeness (QED) is 0.612. The first kappa shape index (κ1) is 8.53. The van der Waals surface area contributed by atoms with E-state index in [4.69, 9.17) is 5.73 Å². The monoisotopic (exact) mass is 177 g/mol. The number of nitrogens with one attached hydrogen (secondary N) is 2. The van der Waals surface area contributed by atoms with E-state index in [0.717, 1.165) is 11.3 Å². The van der Waals surface area contributed by atoms with Gasteiger partial charge < -0.3 is 11.2 Å². The smallest absolute Gasteiger partial charge is 0.100 e. The van der Waals surface area contributed by atoms with Crippen molar-refractivity contribution in [3.05, 3.63) is 29.3 Å². The Hall–Kier alpha value is -1.06. The molecule has 1 aromatic carbocycles. The van der Waals surface area contributed by atoms with Gasteiger partial charge in [-0.05, 0) is 17.5 Å². The van der Waals surface area contributed by atoms with Gasteiger partial charge in [-0.15, -0.1) is 0 Å². The molecule has 1 heterocycles. The second kappa shape index (κ2) is 3.01. The average Bonchev–Trinajstić information content (AvgIpc) is 2.47. The van der Waals surface area contributed by atoms with Crippen LogP contribution in [0.3, 0.4) is 0 Å². The van der Waals surface area contributed by atoms with Crippen LogP contribution >= 0.6 is 0 Å². The standard InChI is InChI=1S/C10H15N3/c1-6(2)7-3-4-9-8(5-7)10(11)13-12-9/h3-6,10,12-13H,11H2,1-2H3. The van der Waals surface area contributed by atoms with Crippen molar-refractivity contribution in [2.24, 2.45) is 5.73 Å². The number of anilines is 1. The van der Waals surface area contributed by atoms with E-state index in [9.17, 15) is 0 Å². The molecule has 13 heavy (non-hydrogen) atoms. The molecule has 0 saturated carbocycles. The summed E-state index contributed by atoms with van der Waals surface area (Å²) in [6, 6.07) is 6.37. The van der Waals surface area contributed by atoms with Gasteiger partial charge in [0.05, 0.1) is 5.69 Å². The largest absolute Gasteiger partial charge is 0.319 e. The van der Waals surface area contributed by atoms with Gasteiger partial charge in [-0.3, -0.25) is 0 Å². The molecule has 0 fully saturated rings. The second-order valence-corrected chi connectivity index (χ2v) is 3.75. The van der Waals surface area contributed by atoms with Crippen molar-refractivity contribution >= 4 is 5.69 Å². The molecule has 1 aliphatic heterocycles. The van der Waals surface area contributed by atoms with Crippen molar-refractivity contribution in [1.29, 1.82) is 0 Å². The maximum Gasteiger partial charge on any atom is 0.100 e. The summed E-state index contributed by atoms with van der Waals surface area (Å²) in [4.78, 5) is 0. The lowest BCUT2D eigenvalue weighted by atomic mass is 9.99. The highest BCUT2D eigenvalue weighted by Crippen LogP contribution is 2.28. The molecule has 70 valence electrons. The number of benzene rings is 1. The normalized spacial score (nSPS) is 20.2. The van der Waals surface area contributed by atoms with Gasteiger partial charge in [-0.25, -0.2) is 5.43 Å². The van der Waals surface area contributed by atoms with Crippen LogP contribution < -0.4 is 16.6 Å². The fourth-order valence-electron chi connectivity index (χ4n) is 1.54. The van der Waals surface area contributed by atoms with Crippen molar-refractivity contribution < 1.29 is 0 Å². The molecule has 0 aliphatic carbocycles. The molecule has 3 nitrogen and oxygen atoms in total. The zero-order valence-corrected chi connectivity index (χ0v) is 7.96. The molecule has 0 radical (unpaired) electrons. The summed E-state index contributed by atoms with van der Waals surface area (Å²) in [7, 11) is 0. The van der Waals surface area contributed by atoms with Crippen LogP contribution in [0.4, 0.5) is 5.69 Å². The third kappa shape index (κ3) is 1.41. The minimum atomic E-state index is -0.0753. The number of nitrogens with two attached hydrogens (primary N) is 1. The first-order valence-corrected chi connectivity index (χ1v) is 4.59. The molecular formula is C10H15N3. The highest BCUT2D eigenvalue weighted by molar-refractivity contribution is 5.57. The van der Waals surface area contributed by atoms with Crippen LogP contribution in [0.1, 0.15) is 37.1 Å². The molecule has 4 N–H and O–H groups in total. The lowest BCUT2D eigenvalue weighted by molar-refractivity contribution is 0.654. The van der Waals surface area contributed by atoms with Crippen LogP contribution in [0, 0.1) is 0 Å². The van der Waals surface area contributed by atoms with Crippen LogP contribution in [0.2, 0.25) is 0 Å². The Bertz CT molecular complexity index is 320. The molecule has 0 spiro atoms. The molecule has 0 aromatic heterocycles. The van der Waals surface area contributed by atoms with Gasteiger partial charge in [-0.1, -0.05) is 26.0 Å². The van der Waals surface area contributed by atoms with Crippen LogP contribution in [0.5, 0.6) is 0 Å². The highest BCUT2D eigenvalue weighted by atomic mass is 15.4. The Labute approximate surface area is 78.3 Å². The van der Waals surface area contributed by atoms with Crippen molar-refractivity contribution in [3.63, 3.8) is 0 Å². The molecule has 2 rings (SSSR count). The molecule has 1 aliphatic rings. The summed E-state index contributed by atoms with van der Waals surface area (Å²) in [6.45, 7) is 4.37. The van der Waals surface area contributed by atoms with E-state index in [1.807, 2.05) is 0 Å². The number of hydrogen-bond acceptors (Lipinski definition) is 3. The van der Waals surface area contributed by atoms with Gasteiger partial charge in [-0.2, -0.15) is 0 Å². The third-order valence-electron chi connectivity index (χ3n) is 2.44. The second-order valence-electron chi connectivity index (χ2n) is 3.75. The van der Waals surface area contributed by atoms with Crippen molar-refractivity contribution in [1.82, 2.24) is 5.43 Å². The molecule has 1 aromatic rings. The Morgan fingerprint density at radius 2 is 2.15 bits per heavy atom. The average molecular weight is 177 g/mol. The third-order valence-corrected chi connectivity index (χ3v) is 2.44. The summed E-state index contributed by atoms with van der Waals surface area (Å²) in [6.07, 6.45) is -0.0753. The molecule has 0 saturated heterocycles.